The van der Waals surface area contributed by atoms with E-state index in [-0.39, 0.29) is 19.5 Å². The summed E-state index contributed by atoms with van der Waals surface area (Å²) >= 11 is 0. The van der Waals surface area contributed by atoms with Crippen LogP contribution in [0.1, 0.15) is 18.1 Å². The van der Waals surface area contributed by atoms with Crippen molar-refractivity contribution in [2.45, 2.75) is 18.6 Å². The molecule has 1 saturated heterocycles. The molecule has 0 unspecified atom stereocenters. The Balaban J connectivity index is 1.96. The molecule has 1 aromatic carbocycles. The van der Waals surface area contributed by atoms with Gasteiger partial charge >= 0.3 is 6.09 Å². The lowest BCUT2D eigenvalue weighted by Gasteiger charge is -2.21. The lowest BCUT2D eigenvalue weighted by atomic mass is 10.1. The summed E-state index contributed by atoms with van der Waals surface area (Å²) in [6.07, 6.45) is -1.88. The SMILES string of the molecule is CO/N=C1\C[C@@H](C(=O)NC[C@@H](O)c2ccccc2)N(C(=O)O)C1. The van der Waals surface area contributed by atoms with Gasteiger partial charge < -0.3 is 20.4 Å². The van der Waals surface area contributed by atoms with Crippen LogP contribution in [0.4, 0.5) is 4.79 Å². The van der Waals surface area contributed by atoms with Crippen LogP contribution < -0.4 is 5.32 Å². The standard InChI is InChI=1S/C15H19N3O5/c1-23-17-11-7-12(18(9-11)15(21)22)14(20)16-8-13(19)10-5-3-2-4-6-10/h2-6,12-13,19H,7-9H2,1H3,(H,16,20)(H,21,22)/b17-11+/t12-,13+/m0/s1. The van der Waals surface area contributed by atoms with E-state index in [0.717, 1.165) is 4.90 Å². The third-order valence-corrected chi connectivity index (χ3v) is 3.58. The minimum Gasteiger partial charge on any atom is -0.465 e. The van der Waals surface area contributed by atoms with Gasteiger partial charge in [0.1, 0.15) is 13.2 Å². The van der Waals surface area contributed by atoms with Crippen molar-refractivity contribution in [2.24, 2.45) is 5.16 Å². The molecule has 2 atom stereocenters. The largest absolute Gasteiger partial charge is 0.465 e. The number of aliphatic hydroxyl groups is 1. The van der Waals surface area contributed by atoms with Gasteiger partial charge in [0.25, 0.3) is 0 Å². The van der Waals surface area contributed by atoms with Crippen LogP contribution in [0.3, 0.4) is 0 Å². The highest BCUT2D eigenvalue weighted by molar-refractivity contribution is 5.99. The minimum atomic E-state index is -1.20. The van der Waals surface area contributed by atoms with Crippen molar-refractivity contribution in [1.29, 1.82) is 0 Å². The number of carbonyl (C=O) groups excluding carboxylic acids is 1. The first-order valence-electron chi connectivity index (χ1n) is 7.12. The maximum atomic E-state index is 12.2. The minimum absolute atomic E-state index is 0.00353. The van der Waals surface area contributed by atoms with E-state index in [1.54, 1.807) is 24.3 Å². The first-order chi connectivity index (χ1) is 11.0. The molecule has 0 radical (unpaired) electrons. The first-order valence-corrected chi connectivity index (χ1v) is 7.12. The van der Waals surface area contributed by atoms with E-state index in [1.165, 1.54) is 7.11 Å². The number of likely N-dealkylation sites (tertiary alicyclic amines) is 1. The number of rotatable bonds is 5. The number of hydrogen-bond donors (Lipinski definition) is 3. The third kappa shape index (κ3) is 4.19. The average molecular weight is 321 g/mol. The summed E-state index contributed by atoms with van der Waals surface area (Å²) in [6, 6.07) is 8.03. The normalized spacial score (nSPS) is 20.3. The quantitative estimate of drug-likeness (QED) is 0.687. The van der Waals surface area contributed by atoms with Crippen molar-refractivity contribution in [3.8, 4) is 0 Å². The van der Waals surface area contributed by atoms with Gasteiger partial charge in [0, 0.05) is 13.0 Å². The molecule has 0 saturated carbocycles. The zero-order valence-corrected chi connectivity index (χ0v) is 12.7. The number of carbonyl (C=O) groups is 2. The number of hydrogen-bond acceptors (Lipinski definition) is 5. The van der Waals surface area contributed by atoms with Crippen LogP contribution in [-0.2, 0) is 9.63 Å². The Morgan fingerprint density at radius 1 is 1.43 bits per heavy atom. The Morgan fingerprint density at radius 3 is 2.74 bits per heavy atom. The number of amides is 2. The molecule has 2 amide bonds. The van der Waals surface area contributed by atoms with Gasteiger partial charge in [0.15, 0.2) is 0 Å². The van der Waals surface area contributed by atoms with Crippen molar-refractivity contribution in [2.75, 3.05) is 20.2 Å². The Bertz CT molecular complexity index is 590. The predicted octanol–water partition coefficient (Wildman–Crippen LogP) is 0.591. The van der Waals surface area contributed by atoms with E-state index in [9.17, 15) is 19.8 Å². The Kier molecular flexibility index (Phi) is 5.53. The Morgan fingerprint density at radius 2 is 2.13 bits per heavy atom. The summed E-state index contributed by atoms with van der Waals surface area (Å²) in [4.78, 5) is 29.1. The molecule has 23 heavy (non-hydrogen) atoms. The molecular weight excluding hydrogens is 302 g/mol. The van der Waals surface area contributed by atoms with E-state index in [0.29, 0.717) is 11.3 Å². The molecule has 0 aliphatic carbocycles. The number of carboxylic acid groups (broad SMARTS) is 1. The fourth-order valence-corrected chi connectivity index (χ4v) is 2.44. The summed E-state index contributed by atoms with van der Waals surface area (Å²) in [5.74, 6) is -0.469. The molecule has 1 aliphatic rings. The molecule has 8 nitrogen and oxygen atoms in total. The van der Waals surface area contributed by atoms with Gasteiger partial charge in [-0.2, -0.15) is 0 Å². The number of aliphatic hydroxyl groups excluding tert-OH is 1. The van der Waals surface area contributed by atoms with Gasteiger partial charge in [-0.15, -0.1) is 0 Å². The molecule has 8 heteroatoms. The molecule has 1 fully saturated rings. The van der Waals surface area contributed by atoms with Crippen LogP contribution in [0.5, 0.6) is 0 Å². The number of nitrogens with zero attached hydrogens (tertiary/aromatic N) is 2. The van der Waals surface area contributed by atoms with E-state index in [4.69, 9.17) is 0 Å². The molecule has 2 rings (SSSR count). The van der Waals surface area contributed by atoms with E-state index >= 15 is 0 Å². The molecule has 124 valence electrons. The molecule has 1 heterocycles. The summed E-state index contributed by atoms with van der Waals surface area (Å²) in [6.45, 7) is 0.0338. The van der Waals surface area contributed by atoms with Gasteiger partial charge in [0.2, 0.25) is 5.91 Å². The number of benzene rings is 1. The summed E-state index contributed by atoms with van der Waals surface area (Å²) < 4.78 is 0. The van der Waals surface area contributed by atoms with Crippen LogP contribution in [0.15, 0.2) is 35.5 Å². The average Bonchev–Trinajstić information content (AvgIpc) is 2.98. The van der Waals surface area contributed by atoms with Crippen LogP contribution in [-0.4, -0.2) is 59.1 Å². The lowest BCUT2D eigenvalue weighted by Crippen LogP contribution is -2.46. The molecule has 3 N–H and O–H groups in total. The predicted molar refractivity (Wildman–Crippen MR) is 82.0 cm³/mol. The van der Waals surface area contributed by atoms with Crippen molar-refractivity contribution >= 4 is 17.7 Å². The molecule has 1 aliphatic heterocycles. The topological polar surface area (TPSA) is 111 Å². The fourth-order valence-electron chi connectivity index (χ4n) is 2.44. The highest BCUT2D eigenvalue weighted by Gasteiger charge is 2.38. The monoisotopic (exact) mass is 321 g/mol. The smallest absolute Gasteiger partial charge is 0.408 e. The van der Waals surface area contributed by atoms with Crippen LogP contribution in [0, 0.1) is 0 Å². The molecule has 0 bridgehead atoms. The highest BCUT2D eigenvalue weighted by atomic mass is 16.6. The second-order valence-corrected chi connectivity index (χ2v) is 5.14. The molecular formula is C15H19N3O5. The summed E-state index contributed by atoms with van der Waals surface area (Å²) in [7, 11) is 1.36. The van der Waals surface area contributed by atoms with Gasteiger partial charge in [-0.1, -0.05) is 35.5 Å². The van der Waals surface area contributed by atoms with E-state index in [2.05, 4.69) is 15.3 Å². The van der Waals surface area contributed by atoms with Crippen molar-refractivity contribution in [3.63, 3.8) is 0 Å². The maximum absolute atomic E-state index is 12.2. The fraction of sp³-hybridized carbons (Fsp3) is 0.400. The second-order valence-electron chi connectivity index (χ2n) is 5.14. The first kappa shape index (κ1) is 16.8. The van der Waals surface area contributed by atoms with Gasteiger partial charge in [-0.25, -0.2) is 4.79 Å². The molecule has 0 aromatic heterocycles. The number of oxime groups is 1. The second kappa shape index (κ2) is 7.59. The van der Waals surface area contributed by atoms with Crippen LogP contribution in [0.25, 0.3) is 0 Å². The maximum Gasteiger partial charge on any atom is 0.408 e. The van der Waals surface area contributed by atoms with Crippen molar-refractivity contribution in [3.05, 3.63) is 35.9 Å². The van der Waals surface area contributed by atoms with Gasteiger partial charge in [-0.3, -0.25) is 9.69 Å². The van der Waals surface area contributed by atoms with Crippen molar-refractivity contribution < 1.29 is 24.6 Å². The van der Waals surface area contributed by atoms with E-state index in [1.807, 2.05) is 6.07 Å². The van der Waals surface area contributed by atoms with Crippen LogP contribution >= 0.6 is 0 Å². The zero-order chi connectivity index (χ0) is 16.8. The van der Waals surface area contributed by atoms with E-state index < -0.39 is 24.1 Å². The molecule has 1 aromatic rings. The highest BCUT2D eigenvalue weighted by Crippen LogP contribution is 2.17. The summed E-state index contributed by atoms with van der Waals surface area (Å²) in [5, 5.41) is 25.5. The lowest BCUT2D eigenvalue weighted by molar-refractivity contribution is -0.125. The third-order valence-electron chi connectivity index (χ3n) is 3.58. The Hall–Kier alpha value is -2.61. The van der Waals surface area contributed by atoms with Crippen molar-refractivity contribution in [1.82, 2.24) is 10.2 Å². The van der Waals surface area contributed by atoms with Gasteiger partial charge in [0.05, 0.1) is 18.4 Å². The van der Waals surface area contributed by atoms with Gasteiger partial charge in [-0.05, 0) is 5.56 Å². The summed E-state index contributed by atoms with van der Waals surface area (Å²) in [5.41, 5.74) is 1.16. The van der Waals surface area contributed by atoms with Crippen LogP contribution in [0.2, 0.25) is 0 Å². The zero-order valence-electron chi connectivity index (χ0n) is 12.7. The molecule has 0 spiro atoms. The number of nitrogens with one attached hydrogen (secondary N) is 1. The Labute approximate surface area is 133 Å².